The first-order chi connectivity index (χ1) is 15.3. The number of ether oxygens (including phenoxy) is 1. The highest BCUT2D eigenvalue weighted by Crippen LogP contribution is 2.21. The van der Waals surface area contributed by atoms with Crippen molar-refractivity contribution in [2.45, 2.75) is 18.4 Å². The molecule has 2 aromatic carbocycles. The Morgan fingerprint density at radius 1 is 1.12 bits per heavy atom. The summed E-state index contributed by atoms with van der Waals surface area (Å²) >= 11 is 0. The van der Waals surface area contributed by atoms with Gasteiger partial charge < -0.3 is 9.64 Å². The van der Waals surface area contributed by atoms with Crippen LogP contribution in [0.3, 0.4) is 0 Å². The van der Waals surface area contributed by atoms with E-state index in [2.05, 4.69) is 9.71 Å². The molecule has 7 nitrogen and oxygen atoms in total. The maximum atomic E-state index is 13.3. The number of hydrogen-bond donors (Lipinski definition) is 1. The lowest BCUT2D eigenvalue weighted by atomic mass is 10.1. The van der Waals surface area contributed by atoms with E-state index in [-0.39, 0.29) is 28.6 Å². The number of amides is 1. The lowest BCUT2D eigenvalue weighted by molar-refractivity contribution is 0.0677. The van der Waals surface area contributed by atoms with Crippen molar-refractivity contribution in [1.82, 2.24) is 9.88 Å². The summed E-state index contributed by atoms with van der Waals surface area (Å²) in [6, 6.07) is 14.8. The molecule has 0 bridgehead atoms. The second kappa shape index (κ2) is 10.3. The fourth-order valence-corrected chi connectivity index (χ4v) is 4.13. The predicted octanol–water partition coefficient (Wildman–Crippen LogP) is 3.62. The molecule has 3 rings (SSSR count). The minimum absolute atomic E-state index is 0.0692. The van der Waals surface area contributed by atoms with Crippen LogP contribution in [0.1, 0.15) is 21.6 Å². The van der Waals surface area contributed by atoms with E-state index >= 15 is 0 Å². The Balaban J connectivity index is 1.89. The summed E-state index contributed by atoms with van der Waals surface area (Å²) in [6.45, 7) is 2.64. The van der Waals surface area contributed by atoms with E-state index in [1.165, 1.54) is 24.3 Å². The van der Waals surface area contributed by atoms with E-state index < -0.39 is 15.8 Å². The molecule has 0 aliphatic carbocycles. The summed E-state index contributed by atoms with van der Waals surface area (Å²) in [6.07, 6.45) is 1.65. The van der Waals surface area contributed by atoms with Gasteiger partial charge in [0.2, 0.25) is 0 Å². The molecule has 0 saturated carbocycles. The molecule has 1 amide bonds. The summed E-state index contributed by atoms with van der Waals surface area (Å²) in [5, 5.41) is 0. The van der Waals surface area contributed by atoms with Crippen LogP contribution >= 0.6 is 0 Å². The predicted molar refractivity (Wildman–Crippen MR) is 119 cm³/mol. The molecule has 3 aromatic rings. The molecule has 0 aliphatic rings. The van der Waals surface area contributed by atoms with Gasteiger partial charge in [0.15, 0.2) is 0 Å². The molecule has 168 valence electrons. The molecule has 0 atom stereocenters. The summed E-state index contributed by atoms with van der Waals surface area (Å²) in [5.74, 6) is -0.802. The van der Waals surface area contributed by atoms with Crippen LogP contribution in [-0.4, -0.2) is 44.5 Å². The largest absolute Gasteiger partial charge is 0.383 e. The zero-order valence-corrected chi connectivity index (χ0v) is 18.6. The first-order valence-electron chi connectivity index (χ1n) is 9.87. The Labute approximate surface area is 186 Å². The van der Waals surface area contributed by atoms with Crippen LogP contribution < -0.4 is 4.72 Å². The lowest BCUT2D eigenvalue weighted by Gasteiger charge is -2.23. The first-order valence-corrected chi connectivity index (χ1v) is 11.4. The average Bonchev–Trinajstić information content (AvgIpc) is 2.78. The highest BCUT2D eigenvalue weighted by atomic mass is 32.2. The molecule has 32 heavy (non-hydrogen) atoms. The van der Waals surface area contributed by atoms with Gasteiger partial charge in [-0.2, -0.15) is 0 Å². The number of anilines is 1. The molecule has 1 heterocycles. The van der Waals surface area contributed by atoms with Gasteiger partial charge in [0, 0.05) is 31.1 Å². The van der Waals surface area contributed by atoms with Gasteiger partial charge >= 0.3 is 0 Å². The Hall–Kier alpha value is -3.30. The smallest absolute Gasteiger partial charge is 0.261 e. The molecule has 1 aromatic heterocycles. The van der Waals surface area contributed by atoms with Crippen LogP contribution in [0.4, 0.5) is 10.1 Å². The SMILES string of the molecule is COCCN(Cc1ccccn1)C(=O)c1cc(S(=O)(=O)Nc2ccc(F)cc2)ccc1C. The van der Waals surface area contributed by atoms with E-state index in [4.69, 9.17) is 4.74 Å². The number of nitrogens with one attached hydrogen (secondary N) is 1. The third-order valence-corrected chi connectivity index (χ3v) is 6.16. The second-order valence-electron chi connectivity index (χ2n) is 7.13. The summed E-state index contributed by atoms with van der Waals surface area (Å²) in [7, 11) is -2.44. The number of rotatable bonds is 9. The molecule has 0 aliphatic heterocycles. The van der Waals surface area contributed by atoms with Crippen LogP contribution in [0.5, 0.6) is 0 Å². The van der Waals surface area contributed by atoms with Crippen LogP contribution in [0.2, 0.25) is 0 Å². The number of carbonyl (C=O) groups excluding carboxylic acids is 1. The maximum absolute atomic E-state index is 13.3. The van der Waals surface area contributed by atoms with Gasteiger partial charge in [0.05, 0.1) is 23.7 Å². The number of nitrogens with zero attached hydrogens (tertiary/aromatic N) is 2. The van der Waals surface area contributed by atoms with E-state index in [1.54, 1.807) is 37.3 Å². The fourth-order valence-electron chi connectivity index (χ4n) is 3.04. The van der Waals surface area contributed by atoms with Crippen LogP contribution in [0.25, 0.3) is 0 Å². The van der Waals surface area contributed by atoms with Crippen LogP contribution in [-0.2, 0) is 21.3 Å². The number of sulfonamides is 1. The zero-order chi connectivity index (χ0) is 23.1. The van der Waals surface area contributed by atoms with Crippen LogP contribution in [0.15, 0.2) is 71.8 Å². The molecular weight excluding hydrogens is 433 g/mol. The summed E-state index contributed by atoms with van der Waals surface area (Å²) in [4.78, 5) is 19.1. The third kappa shape index (κ3) is 5.89. The summed E-state index contributed by atoms with van der Waals surface area (Å²) in [5.41, 5.74) is 1.83. The Bertz CT molecular complexity index is 1170. The topological polar surface area (TPSA) is 88.6 Å². The van der Waals surface area contributed by atoms with Crippen molar-refractivity contribution in [2.24, 2.45) is 0 Å². The van der Waals surface area contributed by atoms with Gasteiger partial charge in [-0.3, -0.25) is 14.5 Å². The number of hydrogen-bond acceptors (Lipinski definition) is 5. The Kier molecular flexibility index (Phi) is 7.55. The molecule has 0 saturated heterocycles. The van der Waals surface area contributed by atoms with Gasteiger partial charge in [-0.1, -0.05) is 12.1 Å². The number of methoxy groups -OCH3 is 1. The third-order valence-electron chi connectivity index (χ3n) is 4.78. The maximum Gasteiger partial charge on any atom is 0.261 e. The number of benzene rings is 2. The first kappa shape index (κ1) is 23.4. The number of aryl methyl sites for hydroxylation is 1. The Morgan fingerprint density at radius 2 is 1.88 bits per heavy atom. The van der Waals surface area contributed by atoms with Crippen LogP contribution in [0, 0.1) is 12.7 Å². The van der Waals surface area contributed by atoms with Crippen molar-refractivity contribution in [3.8, 4) is 0 Å². The van der Waals surface area contributed by atoms with E-state index in [0.717, 1.165) is 12.1 Å². The van der Waals surface area contributed by atoms with E-state index in [0.29, 0.717) is 24.4 Å². The number of pyridine rings is 1. The van der Waals surface area contributed by atoms with Crippen molar-refractivity contribution < 1.29 is 22.3 Å². The Morgan fingerprint density at radius 3 is 2.53 bits per heavy atom. The van der Waals surface area contributed by atoms with Gasteiger partial charge in [-0.05, 0) is 61.0 Å². The quantitative estimate of drug-likeness (QED) is 0.530. The molecule has 0 spiro atoms. The number of halogens is 1. The van der Waals surface area contributed by atoms with Crippen molar-refractivity contribution in [1.29, 1.82) is 0 Å². The molecule has 0 fully saturated rings. The van der Waals surface area contributed by atoms with E-state index in [1.807, 2.05) is 12.1 Å². The van der Waals surface area contributed by atoms with Gasteiger partial charge in [0.25, 0.3) is 15.9 Å². The van der Waals surface area contributed by atoms with Crippen molar-refractivity contribution in [3.63, 3.8) is 0 Å². The minimum atomic E-state index is -3.98. The van der Waals surface area contributed by atoms with E-state index in [9.17, 15) is 17.6 Å². The average molecular weight is 458 g/mol. The molecule has 9 heteroatoms. The van der Waals surface area contributed by atoms with Crippen molar-refractivity contribution >= 4 is 21.6 Å². The summed E-state index contributed by atoms with van der Waals surface area (Å²) < 4.78 is 46.3. The minimum Gasteiger partial charge on any atom is -0.383 e. The standard InChI is InChI=1S/C23H24FN3O4S/c1-17-6-11-21(32(29,30)26-19-9-7-18(24)8-10-19)15-22(17)23(28)27(13-14-31-2)16-20-5-3-4-12-25-20/h3-12,15,26H,13-14,16H2,1-2H3. The molecule has 1 N–H and O–H groups in total. The number of carbonyl (C=O) groups is 1. The number of aromatic nitrogens is 1. The second-order valence-corrected chi connectivity index (χ2v) is 8.81. The lowest BCUT2D eigenvalue weighted by Crippen LogP contribution is -2.34. The zero-order valence-electron chi connectivity index (χ0n) is 17.8. The fraction of sp³-hybridized carbons (Fsp3) is 0.217. The highest BCUT2D eigenvalue weighted by Gasteiger charge is 2.22. The van der Waals surface area contributed by atoms with Crippen molar-refractivity contribution in [2.75, 3.05) is 25.0 Å². The molecular formula is C23H24FN3O4S. The van der Waals surface area contributed by atoms with Crippen molar-refractivity contribution in [3.05, 3.63) is 89.5 Å². The normalized spacial score (nSPS) is 11.2. The molecule has 0 radical (unpaired) electrons. The van der Waals surface area contributed by atoms with Gasteiger partial charge in [0.1, 0.15) is 5.82 Å². The monoisotopic (exact) mass is 457 g/mol. The molecule has 0 unspecified atom stereocenters. The highest BCUT2D eigenvalue weighted by molar-refractivity contribution is 7.92. The van der Waals surface area contributed by atoms with Gasteiger partial charge in [-0.15, -0.1) is 0 Å². The van der Waals surface area contributed by atoms with Gasteiger partial charge in [-0.25, -0.2) is 12.8 Å².